The predicted molar refractivity (Wildman–Crippen MR) is 79.5 cm³/mol. The van der Waals surface area contributed by atoms with Crippen LogP contribution in [0.15, 0.2) is 34.3 Å². The average molecular weight is 326 g/mol. The summed E-state index contributed by atoms with van der Waals surface area (Å²) in [6.45, 7) is 2.65. The van der Waals surface area contributed by atoms with E-state index < -0.39 is 0 Å². The van der Waals surface area contributed by atoms with Gasteiger partial charge in [-0.15, -0.1) is 0 Å². The van der Waals surface area contributed by atoms with Crippen molar-refractivity contribution in [2.75, 3.05) is 25.0 Å². The first-order valence-corrected chi connectivity index (χ1v) is 7.02. The number of hydrogen-bond acceptors (Lipinski definition) is 4. The van der Waals surface area contributed by atoms with Gasteiger partial charge < -0.3 is 10.6 Å². The van der Waals surface area contributed by atoms with Gasteiger partial charge in [-0.2, -0.15) is 0 Å². The third-order valence-corrected chi connectivity index (χ3v) is 3.57. The zero-order chi connectivity index (χ0) is 13.7. The topological polar surface area (TPSA) is 67.2 Å². The first kappa shape index (κ1) is 14.0. The molecule has 0 spiro atoms. The quantitative estimate of drug-likeness (QED) is 0.496. The molecule has 0 atom stereocenters. The molecule has 1 aliphatic rings. The van der Waals surface area contributed by atoms with Gasteiger partial charge in [0.1, 0.15) is 5.69 Å². The third-order valence-electron chi connectivity index (χ3n) is 3.07. The molecule has 0 aromatic heterocycles. The van der Waals surface area contributed by atoms with Crippen molar-refractivity contribution in [3.63, 3.8) is 0 Å². The molecule has 0 saturated heterocycles. The Morgan fingerprint density at radius 2 is 2.32 bits per heavy atom. The molecule has 0 bridgehead atoms. The van der Waals surface area contributed by atoms with E-state index >= 15 is 0 Å². The number of anilines is 1. The van der Waals surface area contributed by atoms with Gasteiger partial charge in [-0.1, -0.05) is 27.6 Å². The van der Waals surface area contributed by atoms with Crippen LogP contribution in [-0.2, 0) is 0 Å². The Kier molecular flexibility index (Phi) is 4.93. The molecule has 1 aromatic rings. The van der Waals surface area contributed by atoms with Gasteiger partial charge in [-0.25, -0.2) is 0 Å². The van der Waals surface area contributed by atoms with Crippen LogP contribution in [0.25, 0.3) is 0 Å². The average Bonchev–Trinajstić information content (AvgIpc) is 2.39. The molecule has 0 radical (unpaired) electrons. The van der Waals surface area contributed by atoms with E-state index in [1.54, 1.807) is 12.1 Å². The van der Waals surface area contributed by atoms with Crippen molar-refractivity contribution in [3.05, 3.63) is 44.4 Å². The van der Waals surface area contributed by atoms with Crippen molar-refractivity contribution in [1.29, 1.82) is 0 Å². The van der Waals surface area contributed by atoms with Gasteiger partial charge in [0.05, 0.1) is 4.92 Å². The predicted octanol–water partition coefficient (Wildman–Crippen LogP) is 3.08. The fourth-order valence-corrected chi connectivity index (χ4v) is 2.42. The molecular formula is C13H16BrN3O2. The zero-order valence-electron chi connectivity index (χ0n) is 10.5. The van der Waals surface area contributed by atoms with Gasteiger partial charge in [0, 0.05) is 23.6 Å². The van der Waals surface area contributed by atoms with Crippen LogP contribution in [0.5, 0.6) is 0 Å². The fraction of sp³-hybridized carbons (Fsp3) is 0.385. The summed E-state index contributed by atoms with van der Waals surface area (Å²) in [7, 11) is 0. The number of nitrogens with zero attached hydrogens (tertiary/aromatic N) is 1. The molecule has 0 fully saturated rings. The molecule has 102 valence electrons. The minimum absolute atomic E-state index is 0.113. The highest BCUT2D eigenvalue weighted by Crippen LogP contribution is 2.28. The lowest BCUT2D eigenvalue weighted by atomic mass is 10.1. The lowest BCUT2D eigenvalue weighted by Gasteiger charge is -2.14. The molecular weight excluding hydrogens is 310 g/mol. The standard InChI is InChI=1S/C13H16BrN3O2/c14-11-1-2-13(17(18)19)12(9-11)16-8-5-10-3-6-15-7-4-10/h1-3,9,15-16H,4-8H2. The Balaban J connectivity index is 1.96. The van der Waals surface area contributed by atoms with E-state index in [2.05, 4.69) is 32.6 Å². The van der Waals surface area contributed by atoms with Crippen LogP contribution in [0.4, 0.5) is 11.4 Å². The van der Waals surface area contributed by atoms with Gasteiger partial charge in [0.25, 0.3) is 5.69 Å². The largest absolute Gasteiger partial charge is 0.379 e. The van der Waals surface area contributed by atoms with Crippen molar-refractivity contribution in [1.82, 2.24) is 5.32 Å². The molecule has 1 heterocycles. The summed E-state index contributed by atoms with van der Waals surface area (Å²) in [5.41, 5.74) is 2.08. The summed E-state index contributed by atoms with van der Waals surface area (Å²) >= 11 is 3.33. The molecule has 0 aliphatic carbocycles. The molecule has 1 aliphatic heterocycles. The van der Waals surface area contributed by atoms with Gasteiger partial charge in [-0.3, -0.25) is 10.1 Å². The van der Waals surface area contributed by atoms with E-state index in [0.29, 0.717) is 12.2 Å². The SMILES string of the molecule is O=[N+]([O-])c1ccc(Br)cc1NCCC1=CCNCC1. The molecule has 0 saturated carbocycles. The summed E-state index contributed by atoms with van der Waals surface area (Å²) in [6.07, 6.45) is 4.17. The van der Waals surface area contributed by atoms with Crippen LogP contribution in [0.1, 0.15) is 12.8 Å². The van der Waals surface area contributed by atoms with Crippen LogP contribution in [0, 0.1) is 10.1 Å². The van der Waals surface area contributed by atoms with Crippen LogP contribution < -0.4 is 10.6 Å². The Morgan fingerprint density at radius 1 is 1.47 bits per heavy atom. The Hall–Kier alpha value is -1.40. The Labute approximate surface area is 120 Å². The smallest absolute Gasteiger partial charge is 0.292 e. The highest BCUT2D eigenvalue weighted by Gasteiger charge is 2.13. The van der Waals surface area contributed by atoms with Gasteiger partial charge in [0.15, 0.2) is 0 Å². The van der Waals surface area contributed by atoms with Crippen molar-refractivity contribution in [3.8, 4) is 0 Å². The number of halogens is 1. The minimum atomic E-state index is -0.363. The molecule has 0 unspecified atom stereocenters. The van der Waals surface area contributed by atoms with Crippen LogP contribution in [-0.4, -0.2) is 24.6 Å². The third kappa shape index (κ3) is 4.04. The van der Waals surface area contributed by atoms with E-state index in [1.165, 1.54) is 11.6 Å². The molecule has 1 aromatic carbocycles. The molecule has 2 rings (SSSR count). The lowest BCUT2D eigenvalue weighted by molar-refractivity contribution is -0.384. The Bertz CT molecular complexity index is 503. The van der Waals surface area contributed by atoms with E-state index in [1.807, 2.05) is 0 Å². The first-order valence-electron chi connectivity index (χ1n) is 6.23. The summed E-state index contributed by atoms with van der Waals surface area (Å²) in [5, 5.41) is 17.3. The maximum absolute atomic E-state index is 10.9. The molecule has 5 nitrogen and oxygen atoms in total. The van der Waals surface area contributed by atoms with Crippen LogP contribution >= 0.6 is 15.9 Å². The number of nitro benzene ring substituents is 1. The highest BCUT2D eigenvalue weighted by molar-refractivity contribution is 9.10. The van der Waals surface area contributed by atoms with E-state index in [0.717, 1.165) is 30.4 Å². The normalized spacial score (nSPS) is 14.9. The van der Waals surface area contributed by atoms with Crippen molar-refractivity contribution >= 4 is 27.3 Å². The Morgan fingerprint density at radius 3 is 3.00 bits per heavy atom. The number of nitro groups is 1. The number of benzene rings is 1. The van der Waals surface area contributed by atoms with Gasteiger partial charge >= 0.3 is 0 Å². The zero-order valence-corrected chi connectivity index (χ0v) is 12.1. The summed E-state index contributed by atoms with van der Waals surface area (Å²) in [4.78, 5) is 10.6. The number of nitrogens with one attached hydrogen (secondary N) is 2. The van der Waals surface area contributed by atoms with E-state index in [4.69, 9.17) is 0 Å². The van der Waals surface area contributed by atoms with Crippen molar-refractivity contribution < 1.29 is 4.92 Å². The van der Waals surface area contributed by atoms with E-state index in [9.17, 15) is 10.1 Å². The second-order valence-corrected chi connectivity index (χ2v) is 5.33. The maximum atomic E-state index is 10.9. The summed E-state index contributed by atoms with van der Waals surface area (Å²) in [6, 6.07) is 4.93. The fourth-order valence-electron chi connectivity index (χ4n) is 2.06. The van der Waals surface area contributed by atoms with Crippen LogP contribution in [0.2, 0.25) is 0 Å². The lowest BCUT2D eigenvalue weighted by Crippen LogP contribution is -2.21. The number of hydrogen-bond donors (Lipinski definition) is 2. The maximum Gasteiger partial charge on any atom is 0.292 e. The van der Waals surface area contributed by atoms with Crippen molar-refractivity contribution in [2.24, 2.45) is 0 Å². The highest BCUT2D eigenvalue weighted by atomic mass is 79.9. The monoisotopic (exact) mass is 325 g/mol. The second-order valence-electron chi connectivity index (χ2n) is 4.41. The van der Waals surface area contributed by atoms with E-state index in [-0.39, 0.29) is 10.6 Å². The summed E-state index contributed by atoms with van der Waals surface area (Å²) < 4.78 is 0.835. The molecule has 2 N–H and O–H groups in total. The van der Waals surface area contributed by atoms with Gasteiger partial charge in [0.2, 0.25) is 0 Å². The van der Waals surface area contributed by atoms with Crippen LogP contribution in [0.3, 0.4) is 0 Å². The van der Waals surface area contributed by atoms with Gasteiger partial charge in [-0.05, 0) is 31.5 Å². The van der Waals surface area contributed by atoms with Crippen molar-refractivity contribution in [2.45, 2.75) is 12.8 Å². The summed E-state index contributed by atoms with van der Waals surface area (Å²) in [5.74, 6) is 0. The molecule has 0 amide bonds. The second kappa shape index (κ2) is 6.68. The molecule has 19 heavy (non-hydrogen) atoms. The number of rotatable bonds is 5. The minimum Gasteiger partial charge on any atom is -0.379 e. The first-order chi connectivity index (χ1) is 9.16. The molecule has 6 heteroatoms.